The van der Waals surface area contributed by atoms with Crippen molar-refractivity contribution in [3.05, 3.63) is 30.1 Å². The van der Waals surface area contributed by atoms with Crippen molar-refractivity contribution in [2.24, 2.45) is 0 Å². The molecule has 0 radical (unpaired) electrons. The van der Waals surface area contributed by atoms with Crippen LogP contribution in [0, 0.1) is 0 Å². The van der Waals surface area contributed by atoms with Crippen molar-refractivity contribution < 1.29 is 13.2 Å². The molecule has 0 aliphatic carbocycles. The van der Waals surface area contributed by atoms with E-state index in [4.69, 9.17) is 0 Å². The molecule has 1 aromatic rings. The van der Waals surface area contributed by atoms with Gasteiger partial charge < -0.3 is 4.90 Å². The highest BCUT2D eigenvalue weighted by Gasteiger charge is 2.30. The van der Waals surface area contributed by atoms with Crippen LogP contribution in [-0.4, -0.2) is 54.1 Å². The zero-order valence-electron chi connectivity index (χ0n) is 11.4. The van der Waals surface area contributed by atoms with E-state index in [1.165, 1.54) is 11.8 Å². The van der Waals surface area contributed by atoms with Crippen molar-refractivity contribution in [1.29, 1.82) is 0 Å². The molecule has 0 unspecified atom stereocenters. The Morgan fingerprint density at radius 1 is 1.50 bits per heavy atom. The topological polar surface area (TPSA) is 67.3 Å². The summed E-state index contributed by atoms with van der Waals surface area (Å²) in [5.41, 5.74) is 0.944. The highest BCUT2D eigenvalue weighted by atomic mass is 32.2. The van der Waals surface area contributed by atoms with E-state index in [0.717, 1.165) is 5.69 Å². The number of nitrogens with zero attached hydrogens (tertiary/aromatic N) is 2. The molecule has 1 amide bonds. The Kier molecular flexibility index (Phi) is 5.04. The van der Waals surface area contributed by atoms with Crippen LogP contribution in [-0.2, 0) is 20.4 Å². The minimum absolute atomic E-state index is 0.00771. The molecule has 0 aromatic carbocycles. The number of amides is 1. The summed E-state index contributed by atoms with van der Waals surface area (Å²) in [5.74, 6) is 1.21. The molecule has 5 nitrogen and oxygen atoms in total. The van der Waals surface area contributed by atoms with Gasteiger partial charge in [0.25, 0.3) is 0 Å². The molecule has 1 atom stereocenters. The van der Waals surface area contributed by atoms with Gasteiger partial charge in [-0.05, 0) is 19.1 Å². The number of rotatable bonds is 4. The van der Waals surface area contributed by atoms with Gasteiger partial charge in [-0.2, -0.15) is 0 Å². The van der Waals surface area contributed by atoms with Crippen LogP contribution in [0.3, 0.4) is 0 Å². The maximum atomic E-state index is 12.1. The first-order chi connectivity index (χ1) is 9.48. The number of carbonyl (C=O) groups excluding carboxylic acids is 1. The minimum atomic E-state index is -2.97. The smallest absolute Gasteiger partial charge is 0.232 e. The normalized spacial score (nSPS) is 21.6. The van der Waals surface area contributed by atoms with Crippen LogP contribution in [0.5, 0.6) is 0 Å². The van der Waals surface area contributed by atoms with E-state index in [0.29, 0.717) is 18.1 Å². The second-order valence-corrected chi connectivity index (χ2v) is 8.08. The van der Waals surface area contributed by atoms with Crippen molar-refractivity contribution in [2.45, 2.75) is 18.7 Å². The number of pyridine rings is 1. The van der Waals surface area contributed by atoms with Gasteiger partial charge in [-0.25, -0.2) is 8.42 Å². The van der Waals surface area contributed by atoms with Crippen LogP contribution < -0.4 is 0 Å². The Balaban J connectivity index is 1.81. The van der Waals surface area contributed by atoms with Crippen LogP contribution in [0.25, 0.3) is 0 Å². The number of hydrogen-bond acceptors (Lipinski definition) is 5. The van der Waals surface area contributed by atoms with Crippen molar-refractivity contribution in [3.63, 3.8) is 0 Å². The number of sulfone groups is 1. The van der Waals surface area contributed by atoms with Gasteiger partial charge in [-0.15, -0.1) is 11.8 Å². The predicted molar refractivity (Wildman–Crippen MR) is 80.2 cm³/mol. The molecule has 1 fully saturated rings. The Hall–Kier alpha value is -1.08. The molecule has 1 aliphatic rings. The zero-order chi connectivity index (χ0) is 14.6. The predicted octanol–water partition coefficient (Wildman–Crippen LogP) is 0.960. The van der Waals surface area contributed by atoms with E-state index in [-0.39, 0.29) is 23.5 Å². The molecule has 7 heteroatoms. The number of aromatic nitrogens is 1. The summed E-state index contributed by atoms with van der Waals surface area (Å²) in [6.45, 7) is 2.10. The van der Waals surface area contributed by atoms with E-state index in [2.05, 4.69) is 4.98 Å². The highest BCUT2D eigenvalue weighted by Crippen LogP contribution is 2.15. The zero-order valence-corrected chi connectivity index (χ0v) is 13.0. The molecule has 110 valence electrons. The lowest BCUT2D eigenvalue weighted by Gasteiger charge is -2.33. The van der Waals surface area contributed by atoms with Gasteiger partial charge in [-0.3, -0.25) is 9.78 Å². The fourth-order valence-corrected chi connectivity index (χ4v) is 4.56. The van der Waals surface area contributed by atoms with E-state index in [1.54, 1.807) is 18.0 Å². The lowest BCUT2D eigenvalue weighted by atomic mass is 10.3. The fraction of sp³-hybridized carbons (Fsp3) is 0.538. The quantitative estimate of drug-likeness (QED) is 0.828. The Morgan fingerprint density at radius 2 is 2.30 bits per heavy atom. The van der Waals surface area contributed by atoms with Crippen LogP contribution in [0.2, 0.25) is 0 Å². The van der Waals surface area contributed by atoms with E-state index in [9.17, 15) is 13.2 Å². The molecular formula is C13H18N2O3S2. The van der Waals surface area contributed by atoms with Gasteiger partial charge in [-0.1, -0.05) is 6.07 Å². The van der Waals surface area contributed by atoms with Crippen molar-refractivity contribution in [3.8, 4) is 0 Å². The molecule has 2 heterocycles. The molecule has 20 heavy (non-hydrogen) atoms. The number of thioether (sulfide) groups is 1. The fourth-order valence-electron chi connectivity index (χ4n) is 2.18. The lowest BCUT2D eigenvalue weighted by Crippen LogP contribution is -2.50. The summed E-state index contributed by atoms with van der Waals surface area (Å²) in [6, 6.07) is 5.47. The first-order valence-electron chi connectivity index (χ1n) is 6.45. The number of carbonyl (C=O) groups is 1. The Labute approximate surface area is 123 Å². The van der Waals surface area contributed by atoms with Gasteiger partial charge in [0, 0.05) is 24.5 Å². The second kappa shape index (κ2) is 6.58. The lowest BCUT2D eigenvalue weighted by molar-refractivity contribution is -0.129. The first-order valence-corrected chi connectivity index (χ1v) is 9.43. The Morgan fingerprint density at radius 3 is 2.95 bits per heavy atom. The molecule has 0 spiro atoms. The largest absolute Gasteiger partial charge is 0.337 e. The minimum Gasteiger partial charge on any atom is -0.337 e. The maximum absolute atomic E-state index is 12.1. The summed E-state index contributed by atoms with van der Waals surface area (Å²) in [4.78, 5) is 18.0. The average Bonchev–Trinajstić information content (AvgIpc) is 2.38. The molecule has 1 aromatic heterocycles. The summed E-state index contributed by atoms with van der Waals surface area (Å²) in [5, 5.41) is 0. The summed E-state index contributed by atoms with van der Waals surface area (Å²) in [7, 11) is -2.97. The van der Waals surface area contributed by atoms with Crippen molar-refractivity contribution in [2.75, 3.05) is 23.8 Å². The van der Waals surface area contributed by atoms with Crippen LogP contribution >= 0.6 is 11.8 Å². The second-order valence-electron chi connectivity index (χ2n) is 4.86. The SMILES string of the molecule is C[C@@H]1CS(=O)(=O)CCN1C(=O)CSCc1ccccn1. The molecule has 0 bridgehead atoms. The van der Waals surface area contributed by atoms with Crippen molar-refractivity contribution >= 4 is 27.5 Å². The van der Waals surface area contributed by atoms with E-state index in [1.807, 2.05) is 18.2 Å². The monoisotopic (exact) mass is 314 g/mol. The molecule has 1 aliphatic heterocycles. The van der Waals surface area contributed by atoms with Gasteiger partial charge in [0.2, 0.25) is 5.91 Å². The van der Waals surface area contributed by atoms with E-state index < -0.39 is 9.84 Å². The van der Waals surface area contributed by atoms with Crippen LogP contribution in [0.15, 0.2) is 24.4 Å². The number of hydrogen-bond donors (Lipinski definition) is 0. The molecule has 0 saturated carbocycles. The summed E-state index contributed by atoms with van der Waals surface area (Å²) < 4.78 is 23.0. The van der Waals surface area contributed by atoms with Crippen molar-refractivity contribution in [1.82, 2.24) is 9.88 Å². The van der Waals surface area contributed by atoms with Gasteiger partial charge in [0.15, 0.2) is 9.84 Å². The average molecular weight is 314 g/mol. The molecule has 2 rings (SSSR count). The maximum Gasteiger partial charge on any atom is 0.232 e. The van der Waals surface area contributed by atoms with Gasteiger partial charge >= 0.3 is 0 Å². The molecule has 0 N–H and O–H groups in total. The third kappa shape index (κ3) is 4.21. The summed E-state index contributed by atoms with van der Waals surface area (Å²) in [6.07, 6.45) is 1.73. The van der Waals surface area contributed by atoms with Gasteiger partial charge in [0.1, 0.15) is 0 Å². The standard InChI is InChI=1S/C13H18N2O3S2/c1-11-10-20(17,18)7-6-15(11)13(16)9-19-8-12-4-2-3-5-14-12/h2-5,11H,6-10H2,1H3/t11-/m1/s1. The summed E-state index contributed by atoms with van der Waals surface area (Å²) >= 11 is 1.51. The van der Waals surface area contributed by atoms with E-state index >= 15 is 0 Å². The van der Waals surface area contributed by atoms with Crippen LogP contribution in [0.4, 0.5) is 0 Å². The third-order valence-electron chi connectivity index (χ3n) is 3.19. The Bertz CT molecular complexity index is 560. The van der Waals surface area contributed by atoms with Crippen LogP contribution in [0.1, 0.15) is 12.6 Å². The first kappa shape index (κ1) is 15.3. The molecule has 1 saturated heterocycles. The third-order valence-corrected chi connectivity index (χ3v) is 5.94. The highest BCUT2D eigenvalue weighted by molar-refractivity contribution is 7.99. The molecular weight excluding hydrogens is 296 g/mol. The van der Waals surface area contributed by atoms with Gasteiger partial charge in [0.05, 0.1) is 23.0 Å².